The molecular weight excluding hydrogens is 401 g/mol. The molecule has 30 heavy (non-hydrogen) atoms. The topological polar surface area (TPSA) is 66.9 Å². The molecule has 3 rings (SSSR count). The number of benzene rings is 3. The van der Waals surface area contributed by atoms with Crippen molar-refractivity contribution in [1.82, 2.24) is 0 Å². The van der Waals surface area contributed by atoms with Crippen LogP contribution in [0.25, 0.3) is 0 Å². The maximum absolute atomic E-state index is 13.3. The fraction of sp³-hybridized carbons (Fsp3) is 0.125. The molecule has 0 heterocycles. The van der Waals surface area contributed by atoms with Crippen molar-refractivity contribution in [2.45, 2.75) is 18.9 Å². The number of ketones is 1. The summed E-state index contributed by atoms with van der Waals surface area (Å²) in [5.41, 5.74) is 5.84. The number of nitrogens with zero attached hydrogens (tertiary/aromatic N) is 1. The van der Waals surface area contributed by atoms with Gasteiger partial charge in [0.1, 0.15) is 11.4 Å². The molecule has 0 aliphatic heterocycles. The Bertz CT molecular complexity index is 991. The van der Waals surface area contributed by atoms with Crippen molar-refractivity contribution < 1.29 is 13.6 Å². The third kappa shape index (κ3) is 4.11. The molecule has 0 bridgehead atoms. The molecule has 1 unspecified atom stereocenters. The second-order valence-electron chi connectivity index (χ2n) is 6.74. The number of carbonyl (C=O) groups is 1. The predicted molar refractivity (Wildman–Crippen MR) is 119 cm³/mol. The van der Waals surface area contributed by atoms with Gasteiger partial charge in [-0.25, -0.2) is 8.78 Å². The Balaban J connectivity index is 2.49. The first kappa shape index (κ1) is 21.6. The third-order valence-corrected chi connectivity index (χ3v) is 9.08. The minimum atomic E-state index is -2.94. The van der Waals surface area contributed by atoms with Crippen LogP contribution in [-0.4, -0.2) is 23.5 Å². The number of nitriles is 1. The summed E-state index contributed by atoms with van der Waals surface area (Å²) < 4.78 is 25.9. The summed E-state index contributed by atoms with van der Waals surface area (Å²) in [4.78, 5) is 13.3. The van der Waals surface area contributed by atoms with Crippen LogP contribution in [0, 0.1) is 11.3 Å². The van der Waals surface area contributed by atoms with Crippen LogP contribution in [0.5, 0.6) is 0 Å². The van der Waals surface area contributed by atoms with E-state index in [9.17, 15) is 18.8 Å². The Hall–Kier alpha value is -3.06. The van der Waals surface area contributed by atoms with Crippen LogP contribution in [-0.2, 0) is 4.79 Å². The molecule has 152 valence electrons. The molecule has 6 heteroatoms. The highest BCUT2D eigenvalue weighted by Crippen LogP contribution is 2.46. The number of carbonyl (C=O) groups excluding carboxylic acids is 1. The van der Waals surface area contributed by atoms with E-state index in [2.05, 4.69) is 6.07 Å². The molecule has 0 saturated heterocycles. The average Bonchev–Trinajstić information content (AvgIpc) is 2.78. The smallest absolute Gasteiger partial charge is 0.240 e. The molecule has 1 atom stereocenters. The molecule has 0 aromatic heterocycles. The summed E-state index contributed by atoms with van der Waals surface area (Å²) in [5.74, 6) is -0.734. The molecular formula is C24H21F2N2OP. The molecule has 3 aromatic rings. The number of alkyl halides is 2. The van der Waals surface area contributed by atoms with Gasteiger partial charge in [-0.3, -0.25) is 4.79 Å². The van der Waals surface area contributed by atoms with Crippen molar-refractivity contribution in [3.63, 3.8) is 0 Å². The van der Waals surface area contributed by atoms with Crippen molar-refractivity contribution in [2.75, 3.05) is 0 Å². The zero-order valence-electron chi connectivity index (χ0n) is 16.2. The van der Waals surface area contributed by atoms with Gasteiger partial charge in [-0.15, -0.1) is 0 Å². The molecule has 3 aromatic carbocycles. The fourth-order valence-electron chi connectivity index (χ4n) is 3.56. The van der Waals surface area contributed by atoms with Gasteiger partial charge in [0.25, 0.3) is 0 Å². The molecule has 0 fully saturated rings. The number of halogens is 2. The normalized spacial score (nSPS) is 12.2. The number of hydrogen-bond donors (Lipinski definition) is 1. The van der Waals surface area contributed by atoms with Gasteiger partial charge in [0.05, 0.1) is 6.04 Å². The zero-order valence-corrected chi connectivity index (χ0v) is 17.1. The highest BCUT2D eigenvalue weighted by molar-refractivity contribution is 7.97. The van der Waals surface area contributed by atoms with Crippen molar-refractivity contribution in [3.8, 4) is 6.07 Å². The number of hydrogen-bond acceptors (Lipinski definition) is 3. The average molecular weight is 422 g/mol. The van der Waals surface area contributed by atoms with Gasteiger partial charge in [-0.05, 0) is 22.8 Å². The Kier molecular flexibility index (Phi) is 6.95. The summed E-state index contributed by atoms with van der Waals surface area (Å²) in [6.45, 7) is -2.94. The van der Waals surface area contributed by atoms with Crippen molar-refractivity contribution in [1.29, 1.82) is 5.26 Å². The van der Waals surface area contributed by atoms with E-state index in [0.29, 0.717) is 0 Å². The summed E-state index contributed by atoms with van der Waals surface area (Å²) in [5, 5.41) is 12.5. The maximum atomic E-state index is 13.3. The van der Waals surface area contributed by atoms with Gasteiger partial charge in [-0.2, -0.15) is 5.26 Å². The minimum Gasteiger partial charge on any atom is -0.321 e. The second kappa shape index (κ2) is 9.63. The first-order valence-electron chi connectivity index (χ1n) is 9.43. The van der Waals surface area contributed by atoms with Crippen molar-refractivity contribution in [3.05, 3.63) is 91.0 Å². The van der Waals surface area contributed by atoms with E-state index >= 15 is 0 Å². The Morgan fingerprint density at radius 2 is 1.20 bits per heavy atom. The van der Waals surface area contributed by atoms with Crippen LogP contribution in [0.4, 0.5) is 8.78 Å². The lowest BCUT2D eigenvalue weighted by Gasteiger charge is -2.30. The molecule has 0 aliphatic carbocycles. The molecule has 0 aliphatic rings. The molecule has 0 radical (unpaired) electrons. The number of nitrogens with two attached hydrogens (primary N) is 1. The Morgan fingerprint density at radius 1 is 0.833 bits per heavy atom. The van der Waals surface area contributed by atoms with Gasteiger partial charge in [0, 0.05) is 6.42 Å². The Labute approximate surface area is 174 Å². The summed E-state index contributed by atoms with van der Waals surface area (Å²) in [7, 11) is 0. The van der Waals surface area contributed by atoms with E-state index in [1.807, 2.05) is 91.0 Å². The zero-order chi connectivity index (χ0) is 21.6. The second-order valence-corrected chi connectivity index (χ2v) is 10.1. The highest BCUT2D eigenvalue weighted by Gasteiger charge is 2.35. The van der Waals surface area contributed by atoms with Crippen LogP contribution in [0.15, 0.2) is 91.0 Å². The molecule has 0 spiro atoms. The summed E-state index contributed by atoms with van der Waals surface area (Å²) >= 11 is 0. The van der Waals surface area contributed by atoms with Gasteiger partial charge in [-0.1, -0.05) is 91.0 Å². The van der Waals surface area contributed by atoms with Crippen molar-refractivity contribution >= 4 is 33.9 Å². The van der Waals surface area contributed by atoms with Gasteiger partial charge in [0.2, 0.25) is 6.43 Å². The summed E-state index contributed by atoms with van der Waals surface area (Å²) in [6, 6.07) is 28.5. The van der Waals surface area contributed by atoms with Gasteiger partial charge < -0.3 is 5.73 Å². The summed E-state index contributed by atoms with van der Waals surface area (Å²) in [6.07, 6.45) is -3.52. The SMILES string of the molecule is N#CC(C(=O)C(N)CC(F)F)=P(c1ccccc1)(c1ccccc1)c1ccccc1. The van der Waals surface area contributed by atoms with E-state index in [4.69, 9.17) is 5.73 Å². The molecule has 0 amide bonds. The molecule has 2 N–H and O–H groups in total. The lowest BCUT2D eigenvalue weighted by Crippen LogP contribution is -2.41. The minimum absolute atomic E-state index is 0.0701. The van der Waals surface area contributed by atoms with E-state index in [-0.39, 0.29) is 5.29 Å². The largest absolute Gasteiger partial charge is 0.321 e. The van der Waals surface area contributed by atoms with E-state index in [1.54, 1.807) is 0 Å². The highest BCUT2D eigenvalue weighted by atomic mass is 31.2. The van der Waals surface area contributed by atoms with Crippen LogP contribution >= 0.6 is 6.89 Å². The third-order valence-electron chi connectivity index (χ3n) is 4.87. The molecule has 3 nitrogen and oxygen atoms in total. The van der Waals surface area contributed by atoms with Gasteiger partial charge >= 0.3 is 0 Å². The Morgan fingerprint density at radius 3 is 1.50 bits per heavy atom. The quantitative estimate of drug-likeness (QED) is 0.595. The van der Waals surface area contributed by atoms with Crippen LogP contribution < -0.4 is 21.6 Å². The van der Waals surface area contributed by atoms with E-state index in [0.717, 1.165) is 15.9 Å². The first-order valence-corrected chi connectivity index (χ1v) is 11.2. The van der Waals surface area contributed by atoms with Crippen molar-refractivity contribution in [2.24, 2.45) is 5.73 Å². The van der Waals surface area contributed by atoms with E-state index in [1.165, 1.54) is 0 Å². The number of Topliss-reactive ketones (excluding diaryl/α,β-unsaturated/α-hetero) is 1. The monoisotopic (exact) mass is 422 g/mol. The van der Waals surface area contributed by atoms with Crippen LogP contribution in [0.3, 0.4) is 0 Å². The fourth-order valence-corrected chi connectivity index (χ4v) is 7.73. The maximum Gasteiger partial charge on any atom is 0.240 e. The lowest BCUT2D eigenvalue weighted by molar-refractivity contribution is -0.114. The van der Waals surface area contributed by atoms with Crippen LogP contribution in [0.2, 0.25) is 0 Å². The predicted octanol–water partition coefficient (Wildman–Crippen LogP) is 3.23. The molecule has 0 saturated carbocycles. The van der Waals surface area contributed by atoms with Gasteiger partial charge in [0.15, 0.2) is 5.78 Å². The first-order chi connectivity index (χ1) is 14.5. The van der Waals surface area contributed by atoms with E-state index < -0.39 is 31.6 Å². The lowest BCUT2D eigenvalue weighted by atomic mass is 10.1. The standard InChI is InChI=1S/C24H21F2N2OP/c25-23(26)16-21(28)24(29)22(17-27)30(18-10-4-1-5-11-18,19-12-6-2-7-13-19)20-14-8-3-9-15-20/h1-15,21,23H,16,28H2. The number of rotatable bonds is 7. The van der Waals surface area contributed by atoms with Crippen LogP contribution in [0.1, 0.15) is 6.42 Å².